The quantitative estimate of drug-likeness (QED) is 0.283. The van der Waals surface area contributed by atoms with Gasteiger partial charge in [-0.25, -0.2) is 9.48 Å². The van der Waals surface area contributed by atoms with Crippen molar-refractivity contribution in [3.05, 3.63) is 101 Å². The maximum atomic E-state index is 12.8. The smallest absolute Gasteiger partial charge is 0.316 e. The molecule has 3 aromatic carbocycles. The highest BCUT2D eigenvalue weighted by molar-refractivity contribution is 5.94. The van der Waals surface area contributed by atoms with E-state index in [-0.39, 0.29) is 18.0 Å². The third kappa shape index (κ3) is 5.25. The Balaban J connectivity index is 1.62. The van der Waals surface area contributed by atoms with Gasteiger partial charge in [-0.15, -0.1) is 0 Å². The highest BCUT2D eigenvalue weighted by atomic mass is 16.6. The summed E-state index contributed by atoms with van der Waals surface area (Å²) in [6, 6.07) is 21.3. The van der Waals surface area contributed by atoms with Crippen molar-refractivity contribution in [3.63, 3.8) is 0 Å². The number of urea groups is 1. The van der Waals surface area contributed by atoms with Crippen LogP contribution in [0.15, 0.2) is 85.1 Å². The number of amides is 3. The second-order valence-corrected chi connectivity index (χ2v) is 7.38. The van der Waals surface area contributed by atoms with Crippen molar-refractivity contribution < 1.29 is 14.5 Å². The second kappa shape index (κ2) is 9.65. The van der Waals surface area contributed by atoms with Gasteiger partial charge in [-0.1, -0.05) is 24.3 Å². The van der Waals surface area contributed by atoms with Crippen LogP contribution in [0.1, 0.15) is 5.56 Å². The van der Waals surface area contributed by atoms with Crippen LogP contribution in [-0.2, 0) is 11.2 Å². The maximum Gasteiger partial charge on any atom is 0.316 e. The number of nitrogens with two attached hydrogens (primary N) is 1. The average Bonchev–Trinajstić information content (AvgIpc) is 3.23. The minimum Gasteiger partial charge on any atom is -0.351 e. The summed E-state index contributed by atoms with van der Waals surface area (Å²) in [6.45, 7) is 0. The minimum absolute atomic E-state index is 0.00658. The molecule has 0 aliphatic heterocycles. The van der Waals surface area contributed by atoms with Crippen LogP contribution >= 0.6 is 0 Å². The fraction of sp³-hybridized carbons (Fsp3) is 0.0417. The predicted molar refractivity (Wildman–Crippen MR) is 128 cm³/mol. The number of aromatic nitrogens is 2. The van der Waals surface area contributed by atoms with Gasteiger partial charge in [0, 0.05) is 40.8 Å². The molecule has 0 saturated carbocycles. The van der Waals surface area contributed by atoms with Gasteiger partial charge in [0.25, 0.3) is 5.69 Å². The number of hydrogen-bond donors (Lipinski definition) is 3. The number of rotatable bonds is 7. The topological polar surface area (TPSA) is 145 Å². The summed E-state index contributed by atoms with van der Waals surface area (Å²) in [4.78, 5) is 34.4. The number of benzene rings is 3. The molecule has 4 N–H and O–H groups in total. The third-order valence-corrected chi connectivity index (χ3v) is 4.93. The van der Waals surface area contributed by atoms with Crippen LogP contribution in [0.3, 0.4) is 0 Å². The van der Waals surface area contributed by atoms with Crippen molar-refractivity contribution in [2.45, 2.75) is 6.42 Å². The highest BCUT2D eigenvalue weighted by Gasteiger charge is 2.17. The number of primary amides is 1. The predicted octanol–water partition coefficient (Wildman–Crippen LogP) is 4.12. The van der Waals surface area contributed by atoms with Gasteiger partial charge in [0.15, 0.2) is 0 Å². The van der Waals surface area contributed by atoms with Gasteiger partial charge >= 0.3 is 6.03 Å². The number of anilines is 2. The second-order valence-electron chi connectivity index (χ2n) is 7.38. The van der Waals surface area contributed by atoms with Crippen molar-refractivity contribution in [1.29, 1.82) is 0 Å². The number of non-ortho nitro benzene ring substituents is 1. The monoisotopic (exact) mass is 456 g/mol. The summed E-state index contributed by atoms with van der Waals surface area (Å²) in [7, 11) is 0. The number of carbonyl (C=O) groups excluding carboxylic acids is 2. The van der Waals surface area contributed by atoms with Crippen molar-refractivity contribution >= 4 is 29.0 Å². The first kappa shape index (κ1) is 22.2. The lowest BCUT2D eigenvalue weighted by molar-refractivity contribution is -0.384. The zero-order valence-corrected chi connectivity index (χ0v) is 17.8. The van der Waals surface area contributed by atoms with Gasteiger partial charge in [0.2, 0.25) is 5.91 Å². The van der Waals surface area contributed by atoms with Crippen LogP contribution in [0.2, 0.25) is 0 Å². The fourth-order valence-electron chi connectivity index (χ4n) is 3.43. The number of carbonyl (C=O) groups is 2. The Bertz CT molecular complexity index is 1350. The summed E-state index contributed by atoms with van der Waals surface area (Å²) in [5, 5.41) is 20.9. The molecule has 3 amide bonds. The molecular weight excluding hydrogens is 436 g/mol. The molecule has 0 saturated heterocycles. The van der Waals surface area contributed by atoms with Crippen LogP contribution < -0.4 is 16.4 Å². The summed E-state index contributed by atoms with van der Waals surface area (Å²) in [5.74, 6) is -0.299. The minimum atomic E-state index is -0.704. The summed E-state index contributed by atoms with van der Waals surface area (Å²) < 4.78 is 1.66. The standard InChI is InChI=1S/C24H20N6O4/c25-24(32)27-19-6-4-5-18(14-19)26-22(31)13-17-15-29(20-7-2-1-3-8-20)28-23(17)16-9-11-21(12-10-16)30(33)34/h1-12,14-15H,13H2,(H,26,31)(H3,25,27,32). The highest BCUT2D eigenvalue weighted by Crippen LogP contribution is 2.26. The number of nitrogens with zero attached hydrogens (tertiary/aromatic N) is 3. The zero-order valence-electron chi connectivity index (χ0n) is 17.8. The molecule has 10 nitrogen and oxygen atoms in total. The molecule has 170 valence electrons. The van der Waals surface area contributed by atoms with E-state index in [0.717, 1.165) is 5.69 Å². The van der Waals surface area contributed by atoms with Gasteiger partial charge in [0.05, 0.1) is 22.7 Å². The molecular formula is C24H20N6O4. The number of nitro groups is 1. The van der Waals surface area contributed by atoms with E-state index in [1.165, 1.54) is 12.1 Å². The summed E-state index contributed by atoms with van der Waals surface area (Å²) in [6.07, 6.45) is 1.77. The van der Waals surface area contributed by atoms with Gasteiger partial charge < -0.3 is 16.4 Å². The Kier molecular flexibility index (Phi) is 6.31. The lowest BCUT2D eigenvalue weighted by Gasteiger charge is -2.08. The largest absolute Gasteiger partial charge is 0.351 e. The van der Waals surface area contributed by atoms with E-state index in [2.05, 4.69) is 15.7 Å². The molecule has 0 unspecified atom stereocenters. The third-order valence-electron chi connectivity index (χ3n) is 4.93. The molecule has 0 fully saturated rings. The van der Waals surface area contributed by atoms with E-state index in [0.29, 0.717) is 28.2 Å². The van der Waals surface area contributed by atoms with Gasteiger partial charge in [-0.3, -0.25) is 14.9 Å². The maximum absolute atomic E-state index is 12.8. The molecule has 10 heteroatoms. The number of para-hydroxylation sites is 1. The molecule has 0 radical (unpaired) electrons. The summed E-state index contributed by atoms with van der Waals surface area (Å²) in [5.41, 5.74) is 8.69. The summed E-state index contributed by atoms with van der Waals surface area (Å²) >= 11 is 0. The Hall–Kier alpha value is -4.99. The van der Waals surface area contributed by atoms with E-state index >= 15 is 0 Å². The molecule has 0 spiro atoms. The van der Waals surface area contributed by atoms with E-state index in [4.69, 9.17) is 5.73 Å². The van der Waals surface area contributed by atoms with Crippen LogP contribution in [-0.4, -0.2) is 26.6 Å². The number of nitro benzene ring substituents is 1. The lowest BCUT2D eigenvalue weighted by atomic mass is 10.1. The normalized spacial score (nSPS) is 10.5. The van der Waals surface area contributed by atoms with Crippen molar-refractivity contribution in [3.8, 4) is 16.9 Å². The first-order valence-corrected chi connectivity index (χ1v) is 10.2. The Morgan fingerprint density at radius 3 is 2.26 bits per heavy atom. The van der Waals surface area contributed by atoms with Gasteiger partial charge in [0.1, 0.15) is 0 Å². The molecule has 1 heterocycles. The van der Waals surface area contributed by atoms with Gasteiger partial charge in [-0.2, -0.15) is 5.10 Å². The fourth-order valence-corrected chi connectivity index (χ4v) is 3.43. The van der Waals surface area contributed by atoms with E-state index in [1.54, 1.807) is 47.3 Å². The lowest BCUT2D eigenvalue weighted by Crippen LogP contribution is -2.19. The first-order chi connectivity index (χ1) is 16.4. The van der Waals surface area contributed by atoms with E-state index in [1.807, 2.05) is 30.3 Å². The zero-order chi connectivity index (χ0) is 24.1. The van der Waals surface area contributed by atoms with Gasteiger partial charge in [-0.05, 0) is 42.5 Å². The Morgan fingerprint density at radius 1 is 0.941 bits per heavy atom. The molecule has 0 aliphatic rings. The van der Waals surface area contributed by atoms with Crippen molar-refractivity contribution in [1.82, 2.24) is 9.78 Å². The SMILES string of the molecule is NC(=O)Nc1cccc(NC(=O)Cc2cn(-c3ccccc3)nc2-c2ccc([N+](=O)[O-])cc2)c1. The Labute approximate surface area is 194 Å². The number of hydrogen-bond acceptors (Lipinski definition) is 5. The molecule has 4 aromatic rings. The first-order valence-electron chi connectivity index (χ1n) is 10.2. The molecule has 0 aliphatic carbocycles. The van der Waals surface area contributed by atoms with E-state index in [9.17, 15) is 19.7 Å². The van der Waals surface area contributed by atoms with Crippen molar-refractivity contribution in [2.24, 2.45) is 5.73 Å². The van der Waals surface area contributed by atoms with Crippen molar-refractivity contribution in [2.75, 3.05) is 10.6 Å². The van der Waals surface area contributed by atoms with E-state index < -0.39 is 11.0 Å². The average molecular weight is 456 g/mol. The molecule has 1 aromatic heterocycles. The van der Waals surface area contributed by atoms with Crippen LogP contribution in [0, 0.1) is 10.1 Å². The van der Waals surface area contributed by atoms with Crippen LogP contribution in [0.25, 0.3) is 16.9 Å². The molecule has 4 rings (SSSR count). The molecule has 34 heavy (non-hydrogen) atoms. The van der Waals surface area contributed by atoms with Crippen LogP contribution in [0.5, 0.6) is 0 Å². The molecule has 0 bridgehead atoms. The molecule has 0 atom stereocenters. The number of nitrogens with one attached hydrogen (secondary N) is 2. The Morgan fingerprint density at radius 2 is 1.62 bits per heavy atom. The van der Waals surface area contributed by atoms with Crippen LogP contribution in [0.4, 0.5) is 21.9 Å².